The van der Waals surface area contributed by atoms with E-state index >= 15 is 0 Å². The number of aliphatic carboxylic acids is 1. The molecule has 1 aromatic rings. The Labute approximate surface area is 123 Å². The molecule has 2 atom stereocenters. The predicted molar refractivity (Wildman–Crippen MR) is 79.6 cm³/mol. The van der Waals surface area contributed by atoms with Crippen LogP contribution in [0, 0.1) is 5.92 Å². The number of benzene rings is 1. The molecular formula is C14H18N2O3S. The molecule has 0 aliphatic carbocycles. The Morgan fingerprint density at radius 2 is 2.25 bits per heavy atom. The molecule has 1 heterocycles. The third-order valence-electron chi connectivity index (χ3n) is 3.62. The predicted octanol–water partition coefficient (Wildman–Crippen LogP) is 1.52. The van der Waals surface area contributed by atoms with Crippen LogP contribution >= 0.6 is 12.2 Å². The molecular weight excluding hydrogens is 276 g/mol. The van der Waals surface area contributed by atoms with Crippen LogP contribution in [-0.4, -0.2) is 39.2 Å². The summed E-state index contributed by atoms with van der Waals surface area (Å²) < 4.78 is 0. The Bertz CT molecular complexity index is 521. The molecule has 4 N–H and O–H groups in total. The number of carboxylic acids is 1. The zero-order valence-electron chi connectivity index (χ0n) is 11.0. The maximum atomic E-state index is 11.2. The van der Waals surface area contributed by atoms with Gasteiger partial charge < -0.3 is 15.9 Å². The van der Waals surface area contributed by atoms with Gasteiger partial charge in [-0.2, -0.15) is 0 Å². The number of hydrogen-bond acceptors (Lipinski definition) is 4. The van der Waals surface area contributed by atoms with Gasteiger partial charge in [0.05, 0.1) is 16.9 Å². The summed E-state index contributed by atoms with van der Waals surface area (Å²) in [6.45, 7) is 1.18. The average Bonchev–Trinajstić information content (AvgIpc) is 2.39. The van der Waals surface area contributed by atoms with E-state index in [4.69, 9.17) is 23.1 Å². The average molecular weight is 294 g/mol. The Morgan fingerprint density at radius 3 is 2.85 bits per heavy atom. The standard InChI is InChI=1S/C14H18N2O3S/c15-13(20)12(9-3-1-5-11(17)7-9)16-6-2-4-10(8-16)14(18)19/h1,3,5,7,10,12,17H,2,4,6,8H2,(H2,15,20)(H,18,19). The molecule has 2 unspecified atom stereocenters. The second-order valence-corrected chi connectivity index (χ2v) is 5.54. The molecule has 0 spiro atoms. The first-order valence-corrected chi connectivity index (χ1v) is 6.95. The van der Waals surface area contributed by atoms with Crippen LogP contribution in [-0.2, 0) is 4.79 Å². The molecule has 0 amide bonds. The van der Waals surface area contributed by atoms with Crippen LogP contribution in [0.5, 0.6) is 5.75 Å². The van der Waals surface area contributed by atoms with E-state index in [1.54, 1.807) is 18.2 Å². The number of rotatable bonds is 4. The number of nitrogens with zero attached hydrogens (tertiary/aromatic N) is 1. The third kappa shape index (κ3) is 3.26. The summed E-state index contributed by atoms with van der Waals surface area (Å²) in [6.07, 6.45) is 1.48. The van der Waals surface area contributed by atoms with Crippen molar-refractivity contribution in [3.05, 3.63) is 29.8 Å². The molecule has 1 saturated heterocycles. The van der Waals surface area contributed by atoms with Crippen LogP contribution in [0.4, 0.5) is 0 Å². The highest BCUT2D eigenvalue weighted by Crippen LogP contribution is 2.29. The summed E-state index contributed by atoms with van der Waals surface area (Å²) in [5.41, 5.74) is 6.63. The van der Waals surface area contributed by atoms with Gasteiger partial charge in [0, 0.05) is 6.54 Å². The summed E-state index contributed by atoms with van der Waals surface area (Å²) in [7, 11) is 0. The zero-order valence-corrected chi connectivity index (χ0v) is 11.8. The molecule has 0 saturated carbocycles. The SMILES string of the molecule is NC(=S)C(c1cccc(O)c1)N1CCCC(C(=O)O)C1. The smallest absolute Gasteiger partial charge is 0.307 e. The highest BCUT2D eigenvalue weighted by atomic mass is 32.1. The summed E-state index contributed by atoms with van der Waals surface area (Å²) in [5.74, 6) is -1.03. The Morgan fingerprint density at radius 1 is 1.50 bits per heavy atom. The maximum absolute atomic E-state index is 11.2. The summed E-state index contributed by atoms with van der Waals surface area (Å²) >= 11 is 5.13. The molecule has 5 nitrogen and oxygen atoms in total. The van der Waals surface area contributed by atoms with Crippen molar-refractivity contribution in [3.8, 4) is 5.75 Å². The molecule has 6 heteroatoms. The second kappa shape index (κ2) is 6.19. The number of aromatic hydroxyl groups is 1. The fourth-order valence-electron chi connectivity index (χ4n) is 2.69. The van der Waals surface area contributed by atoms with Gasteiger partial charge in [0.2, 0.25) is 0 Å². The van der Waals surface area contributed by atoms with Gasteiger partial charge in [0.15, 0.2) is 0 Å². The van der Waals surface area contributed by atoms with E-state index in [0.717, 1.165) is 18.5 Å². The fraction of sp³-hybridized carbons (Fsp3) is 0.429. The molecule has 1 fully saturated rings. The van der Waals surface area contributed by atoms with Crippen molar-refractivity contribution in [3.63, 3.8) is 0 Å². The highest BCUT2D eigenvalue weighted by Gasteiger charge is 2.31. The number of hydrogen-bond donors (Lipinski definition) is 3. The number of carbonyl (C=O) groups is 1. The Kier molecular flexibility index (Phi) is 4.57. The summed E-state index contributed by atoms with van der Waals surface area (Å²) in [6, 6.07) is 6.44. The van der Waals surface area contributed by atoms with Gasteiger partial charge in [0.1, 0.15) is 5.75 Å². The van der Waals surface area contributed by atoms with Crippen molar-refractivity contribution >= 4 is 23.2 Å². The van der Waals surface area contributed by atoms with Crippen molar-refractivity contribution in [1.29, 1.82) is 0 Å². The molecule has 0 aromatic heterocycles. The third-order valence-corrected chi connectivity index (χ3v) is 3.85. The molecule has 2 rings (SSSR count). The molecule has 108 valence electrons. The lowest BCUT2D eigenvalue weighted by Crippen LogP contribution is -2.44. The second-order valence-electron chi connectivity index (χ2n) is 5.07. The number of phenolic OH excluding ortho intramolecular Hbond substituents is 1. The quantitative estimate of drug-likeness (QED) is 0.730. The van der Waals surface area contributed by atoms with Gasteiger partial charge in [-0.1, -0.05) is 24.4 Å². The van der Waals surface area contributed by atoms with Crippen LogP contribution in [0.15, 0.2) is 24.3 Å². The summed E-state index contributed by atoms with van der Waals surface area (Å²) in [5, 5.41) is 18.7. The number of carboxylic acid groups (broad SMARTS) is 1. The van der Waals surface area contributed by atoms with Gasteiger partial charge >= 0.3 is 5.97 Å². The lowest BCUT2D eigenvalue weighted by molar-refractivity contribution is -0.143. The van der Waals surface area contributed by atoms with E-state index in [0.29, 0.717) is 18.0 Å². The fourth-order valence-corrected chi connectivity index (χ4v) is 2.98. The molecule has 1 aromatic carbocycles. The van der Waals surface area contributed by atoms with Gasteiger partial charge in [-0.25, -0.2) is 0 Å². The number of phenols is 1. The van der Waals surface area contributed by atoms with Crippen LogP contribution < -0.4 is 5.73 Å². The minimum absolute atomic E-state index is 0.149. The van der Waals surface area contributed by atoms with Crippen molar-refractivity contribution in [2.45, 2.75) is 18.9 Å². The van der Waals surface area contributed by atoms with Crippen LogP contribution in [0.25, 0.3) is 0 Å². The summed E-state index contributed by atoms with van der Waals surface area (Å²) in [4.78, 5) is 13.4. The van der Waals surface area contributed by atoms with Crippen LogP contribution in [0.3, 0.4) is 0 Å². The molecule has 1 aliphatic rings. The topological polar surface area (TPSA) is 86.8 Å². The van der Waals surface area contributed by atoms with E-state index in [1.807, 2.05) is 11.0 Å². The van der Waals surface area contributed by atoms with Crippen LogP contribution in [0.1, 0.15) is 24.4 Å². The van der Waals surface area contributed by atoms with Gasteiger partial charge in [0.25, 0.3) is 0 Å². The first-order valence-electron chi connectivity index (χ1n) is 6.54. The van der Waals surface area contributed by atoms with Crippen LogP contribution in [0.2, 0.25) is 0 Å². The minimum Gasteiger partial charge on any atom is -0.508 e. The van der Waals surface area contributed by atoms with E-state index in [1.165, 1.54) is 0 Å². The monoisotopic (exact) mass is 294 g/mol. The van der Waals surface area contributed by atoms with E-state index in [9.17, 15) is 9.90 Å². The van der Waals surface area contributed by atoms with Crippen molar-refractivity contribution in [1.82, 2.24) is 4.90 Å². The Hall–Kier alpha value is -1.66. The molecule has 0 radical (unpaired) electrons. The number of thiocarbonyl (C=S) groups is 1. The molecule has 1 aliphatic heterocycles. The first kappa shape index (κ1) is 14.7. The van der Waals surface area contributed by atoms with E-state index in [-0.39, 0.29) is 11.8 Å². The highest BCUT2D eigenvalue weighted by molar-refractivity contribution is 7.80. The van der Waals surface area contributed by atoms with E-state index in [2.05, 4.69) is 0 Å². The molecule has 20 heavy (non-hydrogen) atoms. The van der Waals surface area contributed by atoms with Gasteiger partial charge in [-0.3, -0.25) is 9.69 Å². The van der Waals surface area contributed by atoms with Crippen molar-refractivity contribution in [2.24, 2.45) is 11.7 Å². The molecule has 0 bridgehead atoms. The zero-order chi connectivity index (χ0) is 14.7. The lowest BCUT2D eigenvalue weighted by Gasteiger charge is -2.36. The number of piperidine rings is 1. The maximum Gasteiger partial charge on any atom is 0.307 e. The van der Waals surface area contributed by atoms with Crippen molar-refractivity contribution < 1.29 is 15.0 Å². The van der Waals surface area contributed by atoms with E-state index < -0.39 is 11.9 Å². The van der Waals surface area contributed by atoms with Gasteiger partial charge in [-0.05, 0) is 37.1 Å². The normalized spacial score (nSPS) is 21.3. The largest absolute Gasteiger partial charge is 0.508 e. The minimum atomic E-state index is -0.785. The number of nitrogens with two attached hydrogens (primary N) is 1. The lowest BCUT2D eigenvalue weighted by atomic mass is 9.94. The Balaban J connectivity index is 2.25. The van der Waals surface area contributed by atoms with Gasteiger partial charge in [-0.15, -0.1) is 0 Å². The first-order chi connectivity index (χ1) is 9.49. The van der Waals surface area contributed by atoms with Crippen molar-refractivity contribution in [2.75, 3.05) is 13.1 Å². The number of likely N-dealkylation sites (tertiary alicyclic amines) is 1.